The van der Waals surface area contributed by atoms with Crippen LogP contribution in [0.5, 0.6) is 0 Å². The number of aliphatic hydroxyl groups is 1. The lowest BCUT2D eigenvalue weighted by molar-refractivity contribution is -0.140. The van der Waals surface area contributed by atoms with Crippen molar-refractivity contribution in [3.63, 3.8) is 0 Å². The predicted octanol–water partition coefficient (Wildman–Crippen LogP) is 0.938. The lowest BCUT2D eigenvalue weighted by Crippen LogP contribution is -2.09. The normalized spacial score (nSPS) is 10.5. The number of esters is 1. The monoisotopic (exact) mass is 195 g/mol. The average Bonchev–Trinajstić information content (AvgIpc) is 2.21. The van der Waals surface area contributed by atoms with Gasteiger partial charge in [0.2, 0.25) is 0 Å². The van der Waals surface area contributed by atoms with Crippen LogP contribution in [-0.4, -0.2) is 24.3 Å². The summed E-state index contributed by atoms with van der Waals surface area (Å²) < 4.78 is 4.62. The smallest absolute Gasteiger partial charge is 0.333 e. The van der Waals surface area contributed by atoms with Crippen molar-refractivity contribution in [2.45, 2.75) is 13.3 Å². The van der Waals surface area contributed by atoms with E-state index in [1.807, 2.05) is 6.07 Å². The second-order valence-corrected chi connectivity index (χ2v) is 2.67. The molecule has 4 heteroatoms. The molecule has 0 aromatic carbocycles. The fourth-order valence-corrected chi connectivity index (χ4v) is 0.646. The maximum Gasteiger partial charge on any atom is 0.333 e. The summed E-state index contributed by atoms with van der Waals surface area (Å²) in [6, 6.07) is 1.93. The number of ether oxygens (including phenoxy) is 1. The van der Waals surface area contributed by atoms with E-state index in [0.29, 0.717) is 12.0 Å². The van der Waals surface area contributed by atoms with E-state index in [0.717, 1.165) is 0 Å². The van der Waals surface area contributed by atoms with Crippen molar-refractivity contribution in [2.75, 3.05) is 13.2 Å². The molecule has 0 aromatic rings. The number of rotatable bonds is 5. The van der Waals surface area contributed by atoms with Crippen molar-refractivity contribution in [1.29, 1.82) is 5.26 Å². The van der Waals surface area contributed by atoms with Crippen LogP contribution in [0.1, 0.15) is 13.3 Å². The molecule has 0 fully saturated rings. The Balaban J connectivity index is 3.98. The zero-order valence-corrected chi connectivity index (χ0v) is 8.12. The third kappa shape index (κ3) is 5.12. The van der Waals surface area contributed by atoms with Crippen molar-refractivity contribution in [1.82, 2.24) is 0 Å². The molecule has 76 valence electrons. The lowest BCUT2D eigenvalue weighted by atomic mass is 10.1. The van der Waals surface area contributed by atoms with Gasteiger partial charge in [0.05, 0.1) is 12.7 Å². The van der Waals surface area contributed by atoms with Crippen LogP contribution in [0.25, 0.3) is 0 Å². The molecule has 0 saturated carbocycles. The number of carbonyl (C=O) groups is 1. The highest BCUT2D eigenvalue weighted by Gasteiger charge is 2.06. The Morgan fingerprint density at radius 2 is 2.36 bits per heavy atom. The molecule has 0 atom stereocenters. The molecule has 0 aliphatic carbocycles. The fourth-order valence-electron chi connectivity index (χ4n) is 0.646. The first-order valence-corrected chi connectivity index (χ1v) is 4.14. The van der Waals surface area contributed by atoms with Crippen molar-refractivity contribution >= 4 is 5.97 Å². The Labute approximate surface area is 83.1 Å². The largest absolute Gasteiger partial charge is 0.460 e. The number of hydrogen-bond donors (Lipinski definition) is 1. The van der Waals surface area contributed by atoms with E-state index in [-0.39, 0.29) is 18.8 Å². The summed E-state index contributed by atoms with van der Waals surface area (Å²) in [4.78, 5) is 11.1. The zero-order chi connectivity index (χ0) is 11.0. The van der Waals surface area contributed by atoms with Gasteiger partial charge in [-0.2, -0.15) is 5.26 Å². The van der Waals surface area contributed by atoms with Crippen LogP contribution in [0.2, 0.25) is 0 Å². The number of aliphatic hydroxyl groups excluding tert-OH is 1. The molecular weight excluding hydrogens is 182 g/mol. The third-order valence-electron chi connectivity index (χ3n) is 1.44. The van der Waals surface area contributed by atoms with Crippen molar-refractivity contribution < 1.29 is 14.6 Å². The van der Waals surface area contributed by atoms with Gasteiger partial charge in [-0.05, 0) is 13.3 Å². The summed E-state index contributed by atoms with van der Waals surface area (Å²) in [6.07, 6.45) is 1.90. The van der Waals surface area contributed by atoms with Crippen LogP contribution < -0.4 is 0 Å². The maximum atomic E-state index is 11.1. The van der Waals surface area contributed by atoms with Gasteiger partial charge < -0.3 is 9.84 Å². The number of allylic oxidation sites excluding steroid dienone is 2. The first-order valence-electron chi connectivity index (χ1n) is 4.14. The van der Waals surface area contributed by atoms with E-state index in [4.69, 9.17) is 10.4 Å². The number of nitrogens with zero attached hydrogens (tertiary/aromatic N) is 1. The Bertz CT molecular complexity index is 286. The van der Waals surface area contributed by atoms with E-state index in [1.54, 1.807) is 13.0 Å². The topological polar surface area (TPSA) is 70.3 Å². The van der Waals surface area contributed by atoms with E-state index < -0.39 is 5.97 Å². The summed E-state index contributed by atoms with van der Waals surface area (Å²) >= 11 is 0. The second kappa shape index (κ2) is 6.87. The van der Waals surface area contributed by atoms with E-state index >= 15 is 0 Å². The Kier molecular flexibility index (Phi) is 6.08. The number of carbonyl (C=O) groups excluding carboxylic acids is 1. The van der Waals surface area contributed by atoms with Crippen LogP contribution >= 0.6 is 0 Å². The average molecular weight is 195 g/mol. The molecule has 14 heavy (non-hydrogen) atoms. The quantitative estimate of drug-likeness (QED) is 0.402. The predicted molar refractivity (Wildman–Crippen MR) is 51.2 cm³/mol. The van der Waals surface area contributed by atoms with Crippen LogP contribution in [0, 0.1) is 11.3 Å². The van der Waals surface area contributed by atoms with Gasteiger partial charge in [0.1, 0.15) is 6.61 Å². The third-order valence-corrected chi connectivity index (χ3v) is 1.44. The maximum absolute atomic E-state index is 11.1. The van der Waals surface area contributed by atoms with Gasteiger partial charge >= 0.3 is 5.97 Å². The van der Waals surface area contributed by atoms with Crippen molar-refractivity contribution in [3.05, 3.63) is 23.8 Å². The molecule has 0 aromatic heterocycles. The zero-order valence-electron chi connectivity index (χ0n) is 8.12. The summed E-state index contributed by atoms with van der Waals surface area (Å²) in [5, 5.41) is 16.8. The molecule has 0 rings (SSSR count). The van der Waals surface area contributed by atoms with Gasteiger partial charge in [0.15, 0.2) is 0 Å². The van der Waals surface area contributed by atoms with E-state index in [2.05, 4.69) is 11.3 Å². The van der Waals surface area contributed by atoms with Crippen LogP contribution in [0.4, 0.5) is 0 Å². The SMILES string of the molecule is C=C(CC=C(C)C#N)C(=O)OCCO. The number of hydrogen-bond acceptors (Lipinski definition) is 4. The van der Waals surface area contributed by atoms with E-state index in [1.165, 1.54) is 0 Å². The Morgan fingerprint density at radius 3 is 2.86 bits per heavy atom. The van der Waals surface area contributed by atoms with Crippen LogP contribution in [-0.2, 0) is 9.53 Å². The molecular formula is C10H13NO3. The first-order chi connectivity index (χ1) is 6.61. The molecule has 0 spiro atoms. The van der Waals surface area contributed by atoms with Gasteiger partial charge in [-0.15, -0.1) is 0 Å². The standard InChI is InChI=1S/C10H13NO3/c1-8(7-11)3-4-9(2)10(13)14-6-5-12/h3,12H,2,4-6H2,1H3. The van der Waals surface area contributed by atoms with Gasteiger partial charge in [-0.1, -0.05) is 12.7 Å². The summed E-state index contributed by atoms with van der Waals surface area (Å²) in [5.74, 6) is -0.541. The summed E-state index contributed by atoms with van der Waals surface area (Å²) in [5.41, 5.74) is 0.800. The summed E-state index contributed by atoms with van der Waals surface area (Å²) in [7, 11) is 0. The first kappa shape index (κ1) is 12.4. The van der Waals surface area contributed by atoms with Crippen LogP contribution in [0.15, 0.2) is 23.8 Å². The molecule has 0 radical (unpaired) electrons. The van der Waals surface area contributed by atoms with Gasteiger partial charge in [-0.25, -0.2) is 4.79 Å². The fraction of sp³-hybridized carbons (Fsp3) is 0.400. The highest BCUT2D eigenvalue weighted by molar-refractivity contribution is 5.88. The molecule has 0 bridgehead atoms. The molecule has 0 amide bonds. The molecule has 0 aliphatic rings. The van der Waals surface area contributed by atoms with Gasteiger partial charge in [0, 0.05) is 11.1 Å². The molecule has 0 unspecified atom stereocenters. The molecule has 1 N–H and O–H groups in total. The molecule has 0 saturated heterocycles. The summed E-state index contributed by atoms with van der Waals surface area (Å²) in [6.45, 7) is 4.92. The molecule has 0 aliphatic heterocycles. The minimum absolute atomic E-state index is 0.0290. The molecule has 4 nitrogen and oxygen atoms in total. The van der Waals surface area contributed by atoms with Crippen LogP contribution in [0.3, 0.4) is 0 Å². The van der Waals surface area contributed by atoms with Crippen molar-refractivity contribution in [2.24, 2.45) is 0 Å². The highest BCUT2D eigenvalue weighted by Crippen LogP contribution is 2.04. The highest BCUT2D eigenvalue weighted by atomic mass is 16.5. The van der Waals surface area contributed by atoms with Crippen molar-refractivity contribution in [3.8, 4) is 6.07 Å². The lowest BCUT2D eigenvalue weighted by Gasteiger charge is -2.02. The van der Waals surface area contributed by atoms with Gasteiger partial charge in [0.25, 0.3) is 0 Å². The second-order valence-electron chi connectivity index (χ2n) is 2.67. The minimum Gasteiger partial charge on any atom is -0.460 e. The van der Waals surface area contributed by atoms with E-state index in [9.17, 15) is 4.79 Å². The number of nitriles is 1. The van der Waals surface area contributed by atoms with Gasteiger partial charge in [-0.3, -0.25) is 0 Å². The molecule has 0 heterocycles. The Morgan fingerprint density at radius 1 is 1.71 bits per heavy atom. The minimum atomic E-state index is -0.541. The Hall–Kier alpha value is -1.60.